The van der Waals surface area contributed by atoms with Gasteiger partial charge in [0.25, 0.3) is 0 Å². The van der Waals surface area contributed by atoms with Gasteiger partial charge in [0.2, 0.25) is 0 Å². The lowest BCUT2D eigenvalue weighted by Crippen LogP contribution is -1.98. The smallest absolute Gasteiger partial charge is 0.134 e. The van der Waals surface area contributed by atoms with Gasteiger partial charge in [-0.2, -0.15) is 5.26 Å². The number of hydrogen-bond donors (Lipinski definition) is 2. The number of nitrogens with zero attached hydrogens (tertiary/aromatic N) is 1. The Balaban J connectivity index is 2.44. The number of aliphatic hydroxyl groups excluding tert-OH is 2. The maximum Gasteiger partial charge on any atom is 0.134 e. The monoisotopic (exact) mass is 269 g/mol. The van der Waals surface area contributed by atoms with Crippen molar-refractivity contribution >= 4 is 0 Å². The van der Waals surface area contributed by atoms with Crippen LogP contribution in [-0.2, 0) is 6.61 Å². The average Bonchev–Trinajstić information content (AvgIpc) is 2.47. The van der Waals surface area contributed by atoms with Crippen LogP contribution in [0.2, 0.25) is 0 Å². The van der Waals surface area contributed by atoms with Crippen molar-refractivity contribution in [3.8, 4) is 17.6 Å². The summed E-state index contributed by atoms with van der Waals surface area (Å²) in [5, 5.41) is 28.0. The van der Waals surface area contributed by atoms with E-state index in [9.17, 15) is 10.2 Å². The SMILES string of the molecule is C[C@@H](O)c1ccc(C#N)cc1Oc1ccccc1CO. The van der Waals surface area contributed by atoms with Gasteiger partial charge in [0.15, 0.2) is 0 Å². The van der Waals surface area contributed by atoms with Crippen LogP contribution in [0.3, 0.4) is 0 Å². The summed E-state index contributed by atoms with van der Waals surface area (Å²) < 4.78 is 5.76. The first-order valence-corrected chi connectivity index (χ1v) is 6.24. The van der Waals surface area contributed by atoms with Gasteiger partial charge < -0.3 is 14.9 Å². The minimum atomic E-state index is -0.709. The molecule has 1 atom stereocenters. The quantitative estimate of drug-likeness (QED) is 0.895. The molecule has 0 aliphatic heterocycles. The highest BCUT2D eigenvalue weighted by Gasteiger charge is 2.12. The van der Waals surface area contributed by atoms with Crippen LogP contribution in [0.1, 0.15) is 29.7 Å². The molecule has 0 bridgehead atoms. The van der Waals surface area contributed by atoms with Crippen LogP contribution < -0.4 is 4.74 Å². The van der Waals surface area contributed by atoms with Crippen LogP contribution in [0.15, 0.2) is 42.5 Å². The van der Waals surface area contributed by atoms with E-state index in [1.807, 2.05) is 6.07 Å². The van der Waals surface area contributed by atoms with E-state index < -0.39 is 6.10 Å². The van der Waals surface area contributed by atoms with Crippen molar-refractivity contribution in [2.45, 2.75) is 19.6 Å². The molecule has 4 heteroatoms. The van der Waals surface area contributed by atoms with Crippen molar-refractivity contribution in [1.82, 2.24) is 0 Å². The van der Waals surface area contributed by atoms with Crippen molar-refractivity contribution < 1.29 is 14.9 Å². The third-order valence-electron chi connectivity index (χ3n) is 2.96. The average molecular weight is 269 g/mol. The predicted molar refractivity (Wildman–Crippen MR) is 74.2 cm³/mol. The fourth-order valence-electron chi connectivity index (χ4n) is 1.89. The molecule has 0 fully saturated rings. The third-order valence-corrected chi connectivity index (χ3v) is 2.96. The van der Waals surface area contributed by atoms with Gasteiger partial charge in [0.1, 0.15) is 11.5 Å². The second-order valence-corrected chi connectivity index (χ2v) is 4.41. The maximum absolute atomic E-state index is 9.76. The number of ether oxygens (including phenoxy) is 1. The van der Waals surface area contributed by atoms with Crippen molar-refractivity contribution in [3.63, 3.8) is 0 Å². The second-order valence-electron chi connectivity index (χ2n) is 4.41. The molecule has 0 aliphatic carbocycles. The summed E-state index contributed by atoms with van der Waals surface area (Å²) in [5.41, 5.74) is 1.69. The minimum absolute atomic E-state index is 0.141. The van der Waals surface area contributed by atoms with Gasteiger partial charge in [-0.15, -0.1) is 0 Å². The Morgan fingerprint density at radius 1 is 1.20 bits per heavy atom. The summed E-state index contributed by atoms with van der Waals surface area (Å²) in [6, 6.07) is 14.0. The first kappa shape index (κ1) is 14.1. The van der Waals surface area contributed by atoms with Crippen LogP contribution >= 0.6 is 0 Å². The van der Waals surface area contributed by atoms with E-state index >= 15 is 0 Å². The van der Waals surface area contributed by atoms with Crippen molar-refractivity contribution in [1.29, 1.82) is 5.26 Å². The van der Waals surface area contributed by atoms with Gasteiger partial charge in [-0.3, -0.25) is 0 Å². The lowest BCUT2D eigenvalue weighted by molar-refractivity contribution is 0.195. The highest BCUT2D eigenvalue weighted by atomic mass is 16.5. The lowest BCUT2D eigenvalue weighted by atomic mass is 10.1. The lowest BCUT2D eigenvalue weighted by Gasteiger charge is -2.15. The summed E-state index contributed by atoms with van der Waals surface area (Å²) in [4.78, 5) is 0. The number of hydrogen-bond acceptors (Lipinski definition) is 4. The summed E-state index contributed by atoms with van der Waals surface area (Å²) >= 11 is 0. The van der Waals surface area contributed by atoms with E-state index in [4.69, 9.17) is 10.00 Å². The molecule has 2 aromatic carbocycles. The number of benzene rings is 2. The first-order valence-electron chi connectivity index (χ1n) is 6.24. The molecular formula is C16H15NO3. The fraction of sp³-hybridized carbons (Fsp3) is 0.188. The van der Waals surface area contributed by atoms with Gasteiger partial charge in [0.05, 0.1) is 24.3 Å². The molecule has 20 heavy (non-hydrogen) atoms. The molecule has 0 aromatic heterocycles. The summed E-state index contributed by atoms with van der Waals surface area (Å²) in [7, 11) is 0. The zero-order valence-electron chi connectivity index (χ0n) is 11.1. The molecule has 0 unspecified atom stereocenters. The highest BCUT2D eigenvalue weighted by molar-refractivity contribution is 5.46. The largest absolute Gasteiger partial charge is 0.457 e. The van der Waals surface area contributed by atoms with Crippen LogP contribution in [0, 0.1) is 11.3 Å². The van der Waals surface area contributed by atoms with E-state index in [0.29, 0.717) is 28.2 Å². The van der Waals surface area contributed by atoms with Gasteiger partial charge in [0, 0.05) is 11.1 Å². The topological polar surface area (TPSA) is 73.5 Å². The molecule has 0 spiro atoms. The van der Waals surface area contributed by atoms with E-state index in [2.05, 4.69) is 0 Å². The zero-order chi connectivity index (χ0) is 14.5. The second kappa shape index (κ2) is 6.20. The minimum Gasteiger partial charge on any atom is -0.457 e. The number of aliphatic hydroxyl groups is 2. The zero-order valence-corrected chi connectivity index (χ0v) is 11.1. The van der Waals surface area contributed by atoms with Crippen LogP contribution in [0.5, 0.6) is 11.5 Å². The Labute approximate surface area is 117 Å². The van der Waals surface area contributed by atoms with E-state index in [0.717, 1.165) is 0 Å². The molecule has 0 amide bonds. The van der Waals surface area contributed by atoms with E-state index in [-0.39, 0.29) is 6.61 Å². The Morgan fingerprint density at radius 3 is 2.60 bits per heavy atom. The Hall–Kier alpha value is -2.35. The molecular weight excluding hydrogens is 254 g/mol. The van der Waals surface area contributed by atoms with Gasteiger partial charge in [-0.25, -0.2) is 0 Å². The molecule has 2 rings (SSSR count). The molecule has 0 saturated heterocycles. The van der Waals surface area contributed by atoms with Crippen LogP contribution in [0.4, 0.5) is 0 Å². The van der Waals surface area contributed by atoms with Gasteiger partial charge >= 0.3 is 0 Å². The standard InChI is InChI=1S/C16H15NO3/c1-11(19)14-7-6-12(9-17)8-16(14)20-15-5-3-2-4-13(15)10-18/h2-8,11,18-19H,10H2,1H3/t11-/m1/s1. The molecule has 0 saturated carbocycles. The predicted octanol–water partition coefficient (Wildman–Crippen LogP) is 2.90. The molecule has 2 N–H and O–H groups in total. The molecule has 2 aromatic rings. The fourth-order valence-corrected chi connectivity index (χ4v) is 1.89. The normalized spacial score (nSPS) is 11.7. The Kier molecular flexibility index (Phi) is 4.36. The molecule has 4 nitrogen and oxygen atoms in total. The van der Waals surface area contributed by atoms with Gasteiger partial charge in [-0.05, 0) is 25.1 Å². The Bertz CT molecular complexity index is 644. The van der Waals surface area contributed by atoms with Crippen molar-refractivity contribution in [3.05, 3.63) is 59.2 Å². The summed E-state index contributed by atoms with van der Waals surface area (Å²) in [5.74, 6) is 0.923. The van der Waals surface area contributed by atoms with Crippen LogP contribution in [-0.4, -0.2) is 10.2 Å². The molecule has 0 radical (unpaired) electrons. The molecule has 102 valence electrons. The number of rotatable bonds is 4. The Morgan fingerprint density at radius 2 is 1.95 bits per heavy atom. The molecule has 0 heterocycles. The number of nitriles is 1. The third kappa shape index (κ3) is 2.97. The van der Waals surface area contributed by atoms with Gasteiger partial charge in [-0.1, -0.05) is 24.3 Å². The first-order chi connectivity index (χ1) is 9.65. The van der Waals surface area contributed by atoms with Crippen LogP contribution in [0.25, 0.3) is 0 Å². The van der Waals surface area contributed by atoms with Crippen molar-refractivity contribution in [2.75, 3.05) is 0 Å². The van der Waals surface area contributed by atoms with E-state index in [1.165, 1.54) is 0 Å². The highest BCUT2D eigenvalue weighted by Crippen LogP contribution is 2.32. The summed E-state index contributed by atoms with van der Waals surface area (Å²) in [6.07, 6.45) is -0.709. The number of para-hydroxylation sites is 1. The maximum atomic E-state index is 9.76. The summed E-state index contributed by atoms with van der Waals surface area (Å²) in [6.45, 7) is 1.49. The van der Waals surface area contributed by atoms with E-state index in [1.54, 1.807) is 49.4 Å². The van der Waals surface area contributed by atoms with Crippen molar-refractivity contribution in [2.24, 2.45) is 0 Å². The molecule has 0 aliphatic rings.